The molecule has 0 saturated carbocycles. The summed E-state index contributed by atoms with van der Waals surface area (Å²) in [5, 5.41) is 8.97. The van der Waals surface area contributed by atoms with Crippen molar-refractivity contribution in [2.24, 2.45) is 5.92 Å². The summed E-state index contributed by atoms with van der Waals surface area (Å²) in [6.45, 7) is 2.33. The van der Waals surface area contributed by atoms with Gasteiger partial charge in [0.15, 0.2) is 5.76 Å². The average molecular weight is 636 g/mol. The number of imide groups is 1. The van der Waals surface area contributed by atoms with E-state index in [1.54, 1.807) is 6.07 Å². The topological polar surface area (TPSA) is 97.1 Å². The molecular formula is C40H45NO6. The Bertz CT molecular complexity index is 1610. The largest absolute Gasteiger partial charge is 0.457 e. The number of aliphatic hydroxyl groups excluding tert-OH is 1. The number of aliphatic hydroxyl groups is 1. The molecule has 2 atom stereocenters. The van der Waals surface area contributed by atoms with Crippen LogP contribution in [0.2, 0.25) is 0 Å². The smallest absolute Gasteiger partial charge is 0.417 e. The lowest BCUT2D eigenvalue weighted by atomic mass is 9.91. The molecule has 0 aliphatic carbocycles. The zero-order valence-electron chi connectivity index (χ0n) is 27.2. The molecule has 2 amide bonds. The fourth-order valence-corrected chi connectivity index (χ4v) is 6.32. The van der Waals surface area contributed by atoms with Crippen LogP contribution in [0.3, 0.4) is 0 Å². The second-order valence-corrected chi connectivity index (χ2v) is 12.4. The molecule has 246 valence electrons. The first-order valence-electron chi connectivity index (χ1n) is 16.9. The van der Waals surface area contributed by atoms with E-state index in [2.05, 4.69) is 6.07 Å². The van der Waals surface area contributed by atoms with E-state index in [1.165, 1.54) is 6.42 Å². The molecule has 1 saturated heterocycles. The molecule has 2 heterocycles. The van der Waals surface area contributed by atoms with Crippen LogP contribution in [0.5, 0.6) is 0 Å². The summed E-state index contributed by atoms with van der Waals surface area (Å²) in [5.41, 5.74) is 4.50. The number of furan rings is 1. The molecule has 4 aromatic rings. The van der Waals surface area contributed by atoms with Crippen LogP contribution in [0, 0.1) is 12.8 Å². The van der Waals surface area contributed by atoms with Gasteiger partial charge in [-0.15, -0.1) is 0 Å². The van der Waals surface area contributed by atoms with Gasteiger partial charge in [0.05, 0.1) is 0 Å². The van der Waals surface area contributed by atoms with Crippen molar-refractivity contribution < 1.29 is 28.6 Å². The molecule has 7 nitrogen and oxygen atoms in total. The van der Waals surface area contributed by atoms with Gasteiger partial charge in [-0.25, -0.2) is 9.69 Å². The van der Waals surface area contributed by atoms with Gasteiger partial charge >= 0.3 is 6.09 Å². The molecule has 5 rings (SSSR count). The summed E-state index contributed by atoms with van der Waals surface area (Å²) in [5.74, 6) is -1.36. The maximum atomic E-state index is 14.4. The van der Waals surface area contributed by atoms with Crippen LogP contribution in [0.4, 0.5) is 4.79 Å². The predicted molar refractivity (Wildman–Crippen MR) is 182 cm³/mol. The first-order chi connectivity index (χ1) is 23.0. The average Bonchev–Trinajstić information content (AvgIpc) is 3.70. The van der Waals surface area contributed by atoms with Gasteiger partial charge in [0, 0.05) is 18.6 Å². The first kappa shape index (κ1) is 33.9. The van der Waals surface area contributed by atoms with Crippen molar-refractivity contribution in [1.82, 2.24) is 4.90 Å². The number of unbranched alkanes of at least 4 members (excludes halogenated alkanes) is 7. The molecule has 1 N–H and O–H groups in total. The van der Waals surface area contributed by atoms with Gasteiger partial charge < -0.3 is 14.3 Å². The number of rotatable bonds is 17. The molecule has 0 radical (unpaired) electrons. The molecule has 47 heavy (non-hydrogen) atoms. The Hall–Kier alpha value is -4.49. The number of amides is 2. The molecule has 1 fully saturated rings. The van der Waals surface area contributed by atoms with Crippen LogP contribution in [0.1, 0.15) is 90.4 Å². The predicted octanol–water partition coefficient (Wildman–Crippen LogP) is 8.67. The van der Waals surface area contributed by atoms with E-state index in [0.717, 1.165) is 83.4 Å². The Morgan fingerprint density at radius 2 is 1.49 bits per heavy atom. The second kappa shape index (κ2) is 16.9. The van der Waals surface area contributed by atoms with Gasteiger partial charge in [0.2, 0.25) is 11.7 Å². The van der Waals surface area contributed by atoms with E-state index < -0.39 is 29.7 Å². The monoisotopic (exact) mass is 635 g/mol. The maximum Gasteiger partial charge on any atom is 0.417 e. The molecule has 0 unspecified atom stereocenters. The maximum absolute atomic E-state index is 14.4. The summed E-state index contributed by atoms with van der Waals surface area (Å²) in [7, 11) is 0. The third-order valence-corrected chi connectivity index (χ3v) is 8.88. The number of cyclic esters (lactones) is 1. The van der Waals surface area contributed by atoms with E-state index in [1.807, 2.05) is 85.8 Å². The fourth-order valence-electron chi connectivity index (χ4n) is 6.32. The summed E-state index contributed by atoms with van der Waals surface area (Å²) in [4.78, 5) is 42.7. The number of ether oxygens (including phenoxy) is 1. The highest BCUT2D eigenvalue weighted by molar-refractivity contribution is 6.12. The van der Waals surface area contributed by atoms with Gasteiger partial charge in [-0.3, -0.25) is 9.59 Å². The zero-order valence-corrected chi connectivity index (χ0v) is 27.2. The quantitative estimate of drug-likeness (QED) is 0.0708. The van der Waals surface area contributed by atoms with Crippen molar-refractivity contribution in [1.29, 1.82) is 0 Å². The third kappa shape index (κ3) is 8.86. The summed E-state index contributed by atoms with van der Waals surface area (Å²) < 4.78 is 11.7. The van der Waals surface area contributed by atoms with E-state index >= 15 is 0 Å². The number of ketones is 1. The number of hydrogen-bond acceptors (Lipinski definition) is 6. The molecule has 7 heteroatoms. The summed E-state index contributed by atoms with van der Waals surface area (Å²) in [6, 6.07) is 27.9. The minimum absolute atomic E-state index is 0.0336. The Kier molecular flexibility index (Phi) is 12.2. The molecule has 3 aromatic carbocycles. The molecule has 0 spiro atoms. The minimum atomic E-state index is -1.18. The van der Waals surface area contributed by atoms with Crippen molar-refractivity contribution >= 4 is 17.8 Å². The molecule has 1 aliphatic rings. The van der Waals surface area contributed by atoms with Crippen molar-refractivity contribution in [2.75, 3.05) is 13.2 Å². The van der Waals surface area contributed by atoms with Gasteiger partial charge in [-0.2, -0.15) is 0 Å². The van der Waals surface area contributed by atoms with Crippen LogP contribution in [-0.2, 0) is 22.4 Å². The highest BCUT2D eigenvalue weighted by Gasteiger charge is 2.44. The molecular weight excluding hydrogens is 590 g/mol. The Morgan fingerprint density at radius 1 is 0.830 bits per heavy atom. The third-order valence-electron chi connectivity index (χ3n) is 8.88. The highest BCUT2D eigenvalue weighted by Crippen LogP contribution is 2.34. The minimum Gasteiger partial charge on any atom is -0.457 e. The Balaban J connectivity index is 1.40. The zero-order chi connectivity index (χ0) is 33.0. The fraction of sp³-hybridized carbons (Fsp3) is 0.375. The van der Waals surface area contributed by atoms with E-state index in [0.29, 0.717) is 6.42 Å². The Labute approximate surface area is 277 Å². The number of Topliss-reactive ketones (excluding diaryl/α,β-unsaturated/α-hetero) is 1. The van der Waals surface area contributed by atoms with Crippen molar-refractivity contribution in [2.45, 2.75) is 77.2 Å². The van der Waals surface area contributed by atoms with Crippen LogP contribution >= 0.6 is 0 Å². The number of carbonyl (C=O) groups is 3. The Morgan fingerprint density at radius 3 is 2.17 bits per heavy atom. The van der Waals surface area contributed by atoms with E-state index in [9.17, 15) is 14.4 Å². The highest BCUT2D eigenvalue weighted by atomic mass is 16.6. The van der Waals surface area contributed by atoms with E-state index in [4.69, 9.17) is 14.3 Å². The first-order valence-corrected chi connectivity index (χ1v) is 16.9. The van der Waals surface area contributed by atoms with Crippen molar-refractivity contribution in [3.63, 3.8) is 0 Å². The normalized spacial score (nSPS) is 15.1. The van der Waals surface area contributed by atoms with Crippen LogP contribution in [0.15, 0.2) is 95.4 Å². The number of hydrogen-bond donors (Lipinski definition) is 1. The summed E-state index contributed by atoms with van der Waals surface area (Å²) >= 11 is 0. The molecule has 0 bridgehead atoms. The number of nitrogens with zero attached hydrogens (tertiary/aromatic N) is 1. The van der Waals surface area contributed by atoms with Crippen molar-refractivity contribution in [3.05, 3.63) is 119 Å². The SMILES string of the molecule is Cc1cccc(-c2cc(C(=O)[C@@H](Cc3ccccc3)C(=O)N3C(=O)OC[C@@H]3c3ccccc3)oc2CCCCCCCCCCO)c1. The molecule has 1 aromatic heterocycles. The molecule has 1 aliphatic heterocycles. The van der Waals surface area contributed by atoms with Crippen LogP contribution < -0.4 is 0 Å². The van der Waals surface area contributed by atoms with Gasteiger partial charge in [0.25, 0.3) is 0 Å². The lowest BCUT2D eigenvalue weighted by Crippen LogP contribution is -2.42. The van der Waals surface area contributed by atoms with Gasteiger partial charge in [0.1, 0.15) is 24.3 Å². The number of carbonyl (C=O) groups excluding carboxylic acids is 3. The van der Waals surface area contributed by atoms with Crippen LogP contribution in [0.25, 0.3) is 11.1 Å². The second-order valence-electron chi connectivity index (χ2n) is 12.4. The van der Waals surface area contributed by atoms with Gasteiger partial charge in [-0.05, 0) is 48.9 Å². The lowest BCUT2D eigenvalue weighted by Gasteiger charge is -2.24. The standard InChI is InChI=1S/C40H45NO6/c1-29-17-16-22-32(25-29)33-27-37(47-36(33)23-14-6-4-2-3-5-7-15-24-42)38(43)34(26-30-18-10-8-11-19-30)39(44)41-35(28-46-40(41)45)31-20-12-9-13-21-31/h8-13,16-22,25,27,34-35,42H,2-7,14-15,23-24,26,28H2,1H3/t34-,35-/m1/s1. The van der Waals surface area contributed by atoms with Gasteiger partial charge in [-0.1, -0.05) is 129 Å². The van der Waals surface area contributed by atoms with Crippen LogP contribution in [-0.4, -0.2) is 41.0 Å². The van der Waals surface area contributed by atoms with Crippen molar-refractivity contribution in [3.8, 4) is 11.1 Å². The lowest BCUT2D eigenvalue weighted by molar-refractivity contribution is -0.132. The van der Waals surface area contributed by atoms with E-state index in [-0.39, 0.29) is 25.4 Å². The number of benzene rings is 3. The summed E-state index contributed by atoms with van der Waals surface area (Å²) in [6.07, 6.45) is 8.54. The number of aryl methyl sites for hydroxylation is 2.